The summed E-state index contributed by atoms with van der Waals surface area (Å²) in [4.78, 5) is 24.9. The minimum atomic E-state index is -3.58. The molecule has 2 N–H and O–H groups in total. The van der Waals surface area contributed by atoms with E-state index in [0.717, 1.165) is 12.8 Å². The molecule has 0 aliphatic rings. The first kappa shape index (κ1) is 23.6. The second-order valence-corrected chi connectivity index (χ2v) is 8.99. The topological polar surface area (TPSA) is 95.6 Å². The van der Waals surface area contributed by atoms with Crippen LogP contribution in [0, 0.1) is 0 Å². The van der Waals surface area contributed by atoms with Gasteiger partial charge in [-0.15, -0.1) is 0 Å². The number of carbonyl (C=O) groups excluding carboxylic acids is 2. The molecule has 0 aliphatic heterocycles. The van der Waals surface area contributed by atoms with E-state index in [2.05, 4.69) is 10.6 Å². The maximum Gasteiger partial charge on any atom is 0.253 e. The lowest BCUT2D eigenvalue weighted by Crippen LogP contribution is -2.29. The molecule has 7 nitrogen and oxygen atoms in total. The van der Waals surface area contributed by atoms with Crippen LogP contribution >= 0.6 is 0 Å². The molecular formula is C22H29N3O4S. The van der Waals surface area contributed by atoms with Gasteiger partial charge in [-0.3, -0.25) is 9.59 Å². The number of para-hydroxylation sites is 1. The van der Waals surface area contributed by atoms with Crippen molar-refractivity contribution in [3.05, 3.63) is 60.2 Å². The minimum Gasteiger partial charge on any atom is -0.352 e. The summed E-state index contributed by atoms with van der Waals surface area (Å²) >= 11 is 0. The van der Waals surface area contributed by atoms with Crippen LogP contribution in [0.3, 0.4) is 0 Å². The lowest BCUT2D eigenvalue weighted by Gasteiger charge is -2.17. The SMILES string of the molecule is CCCCNC(=O)c1ccccc1NC(=O)CCCN(C)S(=O)(=O)c1ccccc1. The average molecular weight is 432 g/mol. The van der Waals surface area contributed by atoms with Gasteiger partial charge < -0.3 is 10.6 Å². The molecule has 0 saturated carbocycles. The molecule has 0 unspecified atom stereocenters. The lowest BCUT2D eigenvalue weighted by atomic mass is 10.1. The van der Waals surface area contributed by atoms with Crippen molar-refractivity contribution < 1.29 is 18.0 Å². The number of anilines is 1. The van der Waals surface area contributed by atoms with Gasteiger partial charge in [0.1, 0.15) is 0 Å². The molecule has 0 heterocycles. The van der Waals surface area contributed by atoms with E-state index in [1.165, 1.54) is 11.4 Å². The zero-order valence-corrected chi connectivity index (χ0v) is 18.2. The second-order valence-electron chi connectivity index (χ2n) is 6.95. The van der Waals surface area contributed by atoms with Crippen molar-refractivity contribution in [3.63, 3.8) is 0 Å². The predicted octanol–water partition coefficient (Wildman–Crippen LogP) is 3.26. The van der Waals surface area contributed by atoms with Gasteiger partial charge in [-0.1, -0.05) is 43.7 Å². The lowest BCUT2D eigenvalue weighted by molar-refractivity contribution is -0.116. The Kier molecular flexibility index (Phi) is 9.01. The Morgan fingerprint density at radius 3 is 2.33 bits per heavy atom. The molecule has 30 heavy (non-hydrogen) atoms. The number of nitrogens with one attached hydrogen (secondary N) is 2. The number of amides is 2. The quantitative estimate of drug-likeness (QED) is 0.534. The Morgan fingerprint density at radius 2 is 1.63 bits per heavy atom. The standard InChI is InChI=1S/C22H29N3O4S/c1-3-4-16-23-22(27)19-13-8-9-14-20(19)24-21(26)15-10-17-25(2)30(28,29)18-11-6-5-7-12-18/h5-9,11-14H,3-4,10,15-17H2,1-2H3,(H,23,27)(H,24,26). The van der Waals surface area contributed by atoms with Crippen molar-refractivity contribution in [1.29, 1.82) is 0 Å². The first-order chi connectivity index (χ1) is 14.4. The second kappa shape index (κ2) is 11.5. The van der Waals surface area contributed by atoms with Crippen LogP contribution in [0.2, 0.25) is 0 Å². The van der Waals surface area contributed by atoms with E-state index in [-0.39, 0.29) is 29.7 Å². The molecule has 0 radical (unpaired) electrons. The summed E-state index contributed by atoms with van der Waals surface area (Å²) in [5, 5.41) is 5.60. The molecule has 0 bridgehead atoms. The van der Waals surface area contributed by atoms with Crippen LogP contribution in [0.5, 0.6) is 0 Å². The Bertz CT molecular complexity index is 946. The van der Waals surface area contributed by atoms with Crippen LogP contribution in [0.25, 0.3) is 0 Å². The van der Waals surface area contributed by atoms with Crippen molar-refractivity contribution in [2.75, 3.05) is 25.5 Å². The first-order valence-corrected chi connectivity index (χ1v) is 11.5. The smallest absolute Gasteiger partial charge is 0.253 e. The maximum atomic E-state index is 12.5. The van der Waals surface area contributed by atoms with Gasteiger partial charge in [0.15, 0.2) is 0 Å². The highest BCUT2D eigenvalue weighted by Crippen LogP contribution is 2.17. The third-order valence-corrected chi connectivity index (χ3v) is 6.46. The first-order valence-electron chi connectivity index (χ1n) is 10.0. The van der Waals surface area contributed by atoms with Gasteiger partial charge >= 0.3 is 0 Å². The summed E-state index contributed by atoms with van der Waals surface area (Å²) < 4.78 is 26.3. The molecular weight excluding hydrogens is 402 g/mol. The Morgan fingerprint density at radius 1 is 0.967 bits per heavy atom. The summed E-state index contributed by atoms with van der Waals surface area (Å²) in [6.07, 6.45) is 2.37. The molecule has 0 aliphatic carbocycles. The van der Waals surface area contributed by atoms with E-state index in [4.69, 9.17) is 0 Å². The molecule has 0 spiro atoms. The molecule has 2 aromatic carbocycles. The fraction of sp³-hybridized carbons (Fsp3) is 0.364. The molecule has 162 valence electrons. The van der Waals surface area contributed by atoms with Crippen LogP contribution in [-0.4, -0.2) is 44.7 Å². The van der Waals surface area contributed by atoms with E-state index >= 15 is 0 Å². The average Bonchev–Trinajstić information content (AvgIpc) is 2.74. The third-order valence-electron chi connectivity index (χ3n) is 4.59. The predicted molar refractivity (Wildman–Crippen MR) is 118 cm³/mol. The van der Waals surface area contributed by atoms with Crippen molar-refractivity contribution in [3.8, 4) is 0 Å². The van der Waals surface area contributed by atoms with Crippen LogP contribution in [0.4, 0.5) is 5.69 Å². The number of nitrogens with zero attached hydrogens (tertiary/aromatic N) is 1. The molecule has 2 amide bonds. The minimum absolute atomic E-state index is 0.139. The fourth-order valence-electron chi connectivity index (χ4n) is 2.83. The van der Waals surface area contributed by atoms with E-state index in [0.29, 0.717) is 24.2 Å². The van der Waals surface area contributed by atoms with Gasteiger partial charge in [0.05, 0.1) is 16.1 Å². The number of unbranched alkanes of at least 4 members (excludes halogenated alkanes) is 1. The van der Waals surface area contributed by atoms with Crippen LogP contribution in [0.15, 0.2) is 59.5 Å². The molecule has 2 aromatic rings. The number of hydrogen-bond donors (Lipinski definition) is 2. The molecule has 2 rings (SSSR count). The van der Waals surface area contributed by atoms with E-state index < -0.39 is 10.0 Å². The number of sulfonamides is 1. The maximum absolute atomic E-state index is 12.5. The Balaban J connectivity index is 1.89. The summed E-state index contributed by atoms with van der Waals surface area (Å²) in [6.45, 7) is 2.84. The van der Waals surface area contributed by atoms with E-state index in [9.17, 15) is 18.0 Å². The summed E-state index contributed by atoms with van der Waals surface area (Å²) in [6, 6.07) is 15.0. The zero-order chi connectivity index (χ0) is 22.0. The van der Waals surface area contributed by atoms with Gasteiger partial charge in [0.2, 0.25) is 15.9 Å². The summed E-state index contributed by atoms with van der Waals surface area (Å²) in [5.74, 6) is -0.498. The van der Waals surface area contributed by atoms with Crippen LogP contribution in [0.1, 0.15) is 43.0 Å². The third kappa shape index (κ3) is 6.67. The van der Waals surface area contributed by atoms with Gasteiger partial charge in [-0.25, -0.2) is 12.7 Å². The van der Waals surface area contributed by atoms with Gasteiger partial charge in [-0.05, 0) is 37.1 Å². The fourth-order valence-corrected chi connectivity index (χ4v) is 4.06. The van der Waals surface area contributed by atoms with Crippen LogP contribution < -0.4 is 10.6 Å². The van der Waals surface area contributed by atoms with E-state index in [1.54, 1.807) is 54.6 Å². The summed E-state index contributed by atoms with van der Waals surface area (Å²) in [7, 11) is -2.08. The van der Waals surface area contributed by atoms with Crippen molar-refractivity contribution in [2.45, 2.75) is 37.5 Å². The zero-order valence-electron chi connectivity index (χ0n) is 17.4. The Hall–Kier alpha value is -2.71. The van der Waals surface area contributed by atoms with Crippen molar-refractivity contribution >= 4 is 27.5 Å². The molecule has 0 atom stereocenters. The molecule has 0 aromatic heterocycles. The monoisotopic (exact) mass is 431 g/mol. The Labute approximate surface area is 178 Å². The number of carbonyl (C=O) groups is 2. The molecule has 0 fully saturated rings. The normalized spacial score (nSPS) is 11.3. The van der Waals surface area contributed by atoms with E-state index in [1.807, 2.05) is 6.92 Å². The number of hydrogen-bond acceptors (Lipinski definition) is 4. The largest absolute Gasteiger partial charge is 0.352 e. The highest BCUT2D eigenvalue weighted by molar-refractivity contribution is 7.89. The van der Waals surface area contributed by atoms with Gasteiger partial charge in [0.25, 0.3) is 5.91 Å². The number of benzene rings is 2. The number of rotatable bonds is 11. The summed E-state index contributed by atoms with van der Waals surface area (Å²) in [5.41, 5.74) is 0.854. The van der Waals surface area contributed by atoms with Gasteiger partial charge in [-0.2, -0.15) is 0 Å². The van der Waals surface area contributed by atoms with Crippen molar-refractivity contribution in [2.24, 2.45) is 0 Å². The molecule has 0 saturated heterocycles. The molecule has 8 heteroatoms. The van der Waals surface area contributed by atoms with Gasteiger partial charge in [0, 0.05) is 26.6 Å². The highest BCUT2D eigenvalue weighted by Gasteiger charge is 2.20. The van der Waals surface area contributed by atoms with Crippen LogP contribution in [-0.2, 0) is 14.8 Å². The highest BCUT2D eigenvalue weighted by atomic mass is 32.2. The van der Waals surface area contributed by atoms with Crippen molar-refractivity contribution in [1.82, 2.24) is 9.62 Å².